The quantitative estimate of drug-likeness (QED) is 0.0261. The number of allylic oxidation sites excluding steroid dienone is 4. The lowest BCUT2D eigenvalue weighted by Gasteiger charge is -2.18. The van der Waals surface area contributed by atoms with Gasteiger partial charge in [0, 0.05) is 19.3 Å². The van der Waals surface area contributed by atoms with E-state index in [1.54, 1.807) is 0 Å². The van der Waals surface area contributed by atoms with E-state index in [0.717, 1.165) is 64.2 Å². The molecule has 0 rings (SSSR count). The molecule has 0 aliphatic heterocycles. The summed E-state index contributed by atoms with van der Waals surface area (Å²) in [5, 5.41) is 0. The number of hydrogen-bond acceptors (Lipinski definition) is 6. The van der Waals surface area contributed by atoms with Crippen LogP contribution in [0, 0.1) is 0 Å². The first kappa shape index (κ1) is 69.9. The van der Waals surface area contributed by atoms with Gasteiger partial charge in [-0.2, -0.15) is 0 Å². The molecule has 424 valence electrons. The molecule has 0 N–H and O–H groups in total. The molecular weight excluding hydrogens is 889 g/mol. The van der Waals surface area contributed by atoms with E-state index in [1.807, 2.05) is 0 Å². The number of carbonyl (C=O) groups is 3. The van der Waals surface area contributed by atoms with Crippen molar-refractivity contribution in [3.05, 3.63) is 24.3 Å². The third-order valence-electron chi connectivity index (χ3n) is 14.7. The molecule has 0 amide bonds. The molecule has 1 unspecified atom stereocenters. The minimum atomic E-state index is -0.769. The zero-order valence-electron chi connectivity index (χ0n) is 48.7. The molecule has 0 aromatic rings. The van der Waals surface area contributed by atoms with Crippen molar-refractivity contribution in [2.24, 2.45) is 0 Å². The van der Waals surface area contributed by atoms with Crippen LogP contribution in [-0.2, 0) is 28.6 Å². The van der Waals surface area contributed by atoms with Crippen molar-refractivity contribution in [1.29, 1.82) is 0 Å². The van der Waals surface area contributed by atoms with Crippen molar-refractivity contribution in [1.82, 2.24) is 0 Å². The SMILES string of the molecule is CCCC/C=C\CCCCCCCC(=O)OC(COC(=O)CCCCCCCCCCCC)COC(=O)CCCCCCCCCCCCCCCCCCCCCCC/C=C\CCCCCCCCCC. The number of hydrogen-bond donors (Lipinski definition) is 0. The number of carbonyl (C=O) groups excluding carboxylic acids is 3. The van der Waals surface area contributed by atoms with Gasteiger partial charge in [-0.1, -0.05) is 302 Å². The van der Waals surface area contributed by atoms with Crippen molar-refractivity contribution >= 4 is 17.9 Å². The normalized spacial score (nSPS) is 12.1. The molecule has 0 saturated carbocycles. The summed E-state index contributed by atoms with van der Waals surface area (Å²) in [6.45, 7) is 6.63. The largest absolute Gasteiger partial charge is 0.462 e. The molecule has 0 aromatic heterocycles. The highest BCUT2D eigenvalue weighted by Crippen LogP contribution is 2.18. The second-order valence-corrected chi connectivity index (χ2v) is 22.0. The molecule has 0 aliphatic rings. The average molecular weight is 1010 g/mol. The smallest absolute Gasteiger partial charge is 0.306 e. The van der Waals surface area contributed by atoms with Gasteiger partial charge >= 0.3 is 17.9 Å². The molecule has 0 aromatic carbocycles. The van der Waals surface area contributed by atoms with Gasteiger partial charge in [0.1, 0.15) is 13.2 Å². The Balaban J connectivity index is 3.95. The highest BCUT2D eigenvalue weighted by Gasteiger charge is 2.19. The zero-order valence-corrected chi connectivity index (χ0v) is 48.7. The molecule has 0 spiro atoms. The molecule has 0 heterocycles. The Bertz CT molecular complexity index is 1160. The van der Waals surface area contributed by atoms with E-state index < -0.39 is 6.10 Å². The maximum Gasteiger partial charge on any atom is 0.306 e. The minimum Gasteiger partial charge on any atom is -0.462 e. The van der Waals surface area contributed by atoms with Crippen LogP contribution in [0.25, 0.3) is 0 Å². The second kappa shape index (κ2) is 61.4. The Morgan fingerprint density at radius 1 is 0.264 bits per heavy atom. The summed E-state index contributed by atoms with van der Waals surface area (Å²) in [4.78, 5) is 38.0. The Hall–Kier alpha value is -2.11. The summed E-state index contributed by atoms with van der Waals surface area (Å²) in [7, 11) is 0. The van der Waals surface area contributed by atoms with Gasteiger partial charge in [-0.25, -0.2) is 0 Å². The van der Waals surface area contributed by atoms with Crippen molar-refractivity contribution in [2.45, 2.75) is 367 Å². The predicted molar refractivity (Wildman–Crippen MR) is 312 cm³/mol. The molecule has 72 heavy (non-hydrogen) atoms. The van der Waals surface area contributed by atoms with E-state index in [9.17, 15) is 14.4 Å². The lowest BCUT2D eigenvalue weighted by atomic mass is 10.0. The standard InChI is InChI=1S/C66H124O6/c1-4-7-10-13-16-19-22-23-24-25-26-27-28-29-30-31-32-33-34-35-36-37-38-39-40-41-42-43-45-47-50-53-56-59-65(68)71-62-63(61-70-64(67)58-55-52-49-46-21-18-15-12-9-6-3)72-66(69)60-57-54-51-48-44-20-17-14-11-8-5-2/h14,17,25-26,63H,4-13,15-16,18-24,27-62H2,1-3H3/b17-14-,26-25-. The fourth-order valence-electron chi connectivity index (χ4n) is 9.78. The van der Waals surface area contributed by atoms with Gasteiger partial charge in [0.25, 0.3) is 0 Å². The summed E-state index contributed by atoms with van der Waals surface area (Å²) >= 11 is 0. The lowest BCUT2D eigenvalue weighted by molar-refractivity contribution is -0.167. The molecule has 6 heteroatoms. The minimum absolute atomic E-state index is 0.0692. The second-order valence-electron chi connectivity index (χ2n) is 22.0. The number of rotatable bonds is 60. The fourth-order valence-corrected chi connectivity index (χ4v) is 9.78. The van der Waals surface area contributed by atoms with Gasteiger partial charge in [-0.05, 0) is 64.2 Å². The van der Waals surface area contributed by atoms with E-state index in [2.05, 4.69) is 45.1 Å². The van der Waals surface area contributed by atoms with Crippen LogP contribution in [0.1, 0.15) is 361 Å². The van der Waals surface area contributed by atoms with Crippen LogP contribution in [0.5, 0.6) is 0 Å². The molecule has 0 bridgehead atoms. The Labute approximate surface area is 449 Å². The molecule has 0 aliphatic carbocycles. The zero-order chi connectivity index (χ0) is 52.2. The van der Waals surface area contributed by atoms with Crippen LogP contribution < -0.4 is 0 Å². The predicted octanol–water partition coefficient (Wildman–Crippen LogP) is 21.8. The van der Waals surface area contributed by atoms with Crippen LogP contribution in [0.4, 0.5) is 0 Å². The fraction of sp³-hybridized carbons (Fsp3) is 0.894. The molecule has 0 saturated heterocycles. The van der Waals surface area contributed by atoms with Gasteiger partial charge in [-0.3, -0.25) is 14.4 Å². The van der Waals surface area contributed by atoms with E-state index in [0.29, 0.717) is 19.3 Å². The Kier molecular flexibility index (Phi) is 59.6. The van der Waals surface area contributed by atoms with E-state index >= 15 is 0 Å². The molecule has 1 atom stereocenters. The van der Waals surface area contributed by atoms with Crippen LogP contribution in [-0.4, -0.2) is 37.2 Å². The summed E-state index contributed by atoms with van der Waals surface area (Å²) in [5.74, 6) is -0.861. The first-order valence-electron chi connectivity index (χ1n) is 32.3. The van der Waals surface area contributed by atoms with E-state index in [-0.39, 0.29) is 31.1 Å². The summed E-state index contributed by atoms with van der Waals surface area (Å²) in [6.07, 6.45) is 73.7. The number of unbranched alkanes of at least 4 members (excludes halogenated alkanes) is 45. The van der Waals surface area contributed by atoms with Gasteiger partial charge in [0.15, 0.2) is 6.10 Å². The molecule has 0 radical (unpaired) electrons. The van der Waals surface area contributed by atoms with Crippen LogP contribution in [0.15, 0.2) is 24.3 Å². The third kappa shape index (κ3) is 58.8. The maximum absolute atomic E-state index is 12.8. The van der Waals surface area contributed by atoms with Crippen molar-refractivity contribution in [2.75, 3.05) is 13.2 Å². The Morgan fingerprint density at radius 3 is 0.736 bits per heavy atom. The molecule has 0 fully saturated rings. The maximum atomic E-state index is 12.8. The van der Waals surface area contributed by atoms with Crippen molar-refractivity contribution < 1.29 is 28.6 Å². The molecular formula is C66H124O6. The monoisotopic (exact) mass is 1010 g/mol. The lowest BCUT2D eigenvalue weighted by Crippen LogP contribution is -2.30. The first-order chi connectivity index (χ1) is 35.5. The van der Waals surface area contributed by atoms with Crippen molar-refractivity contribution in [3.8, 4) is 0 Å². The summed E-state index contributed by atoms with van der Waals surface area (Å²) < 4.78 is 16.8. The van der Waals surface area contributed by atoms with Gasteiger partial charge in [-0.15, -0.1) is 0 Å². The first-order valence-corrected chi connectivity index (χ1v) is 32.3. The van der Waals surface area contributed by atoms with Crippen LogP contribution in [0.2, 0.25) is 0 Å². The topological polar surface area (TPSA) is 78.9 Å². The summed E-state index contributed by atoms with van der Waals surface area (Å²) in [6, 6.07) is 0. The summed E-state index contributed by atoms with van der Waals surface area (Å²) in [5.41, 5.74) is 0. The highest BCUT2D eigenvalue weighted by atomic mass is 16.6. The van der Waals surface area contributed by atoms with Crippen LogP contribution in [0.3, 0.4) is 0 Å². The van der Waals surface area contributed by atoms with Gasteiger partial charge in [0.2, 0.25) is 0 Å². The van der Waals surface area contributed by atoms with Crippen molar-refractivity contribution in [3.63, 3.8) is 0 Å². The Morgan fingerprint density at radius 2 is 0.472 bits per heavy atom. The number of esters is 3. The van der Waals surface area contributed by atoms with Crippen LogP contribution >= 0.6 is 0 Å². The molecule has 6 nitrogen and oxygen atoms in total. The highest BCUT2D eigenvalue weighted by molar-refractivity contribution is 5.71. The van der Waals surface area contributed by atoms with Gasteiger partial charge in [0.05, 0.1) is 0 Å². The van der Waals surface area contributed by atoms with E-state index in [4.69, 9.17) is 14.2 Å². The van der Waals surface area contributed by atoms with Gasteiger partial charge < -0.3 is 14.2 Å². The number of ether oxygens (including phenoxy) is 3. The third-order valence-corrected chi connectivity index (χ3v) is 14.7. The average Bonchev–Trinajstić information content (AvgIpc) is 3.38. The van der Waals surface area contributed by atoms with E-state index in [1.165, 1.54) is 257 Å².